The minimum absolute atomic E-state index is 0.0563. The molecule has 0 atom stereocenters. The molecule has 1 heterocycles. The highest BCUT2D eigenvalue weighted by Gasteiger charge is 2.30. The largest absolute Gasteiger partial charge is 0.229 e. The summed E-state index contributed by atoms with van der Waals surface area (Å²) in [5.41, 5.74) is 0.113. The van der Waals surface area contributed by atoms with Crippen molar-refractivity contribution in [1.29, 1.82) is 0 Å². The first-order valence-corrected chi connectivity index (χ1v) is 8.77. The fraction of sp³-hybridized carbons (Fsp3) is 1.00. The molecule has 0 saturated heterocycles. The summed E-state index contributed by atoms with van der Waals surface area (Å²) in [6.45, 7) is 22.6. The molecule has 0 aromatic carbocycles. The van der Waals surface area contributed by atoms with Gasteiger partial charge in [0, 0.05) is 12.1 Å². The molecule has 0 aliphatic heterocycles. The highest BCUT2D eigenvalue weighted by molar-refractivity contribution is 7.44. The van der Waals surface area contributed by atoms with Crippen molar-refractivity contribution in [2.45, 2.75) is 92.4 Å². The van der Waals surface area contributed by atoms with Crippen LogP contribution in [0.4, 0.5) is 0 Å². The summed E-state index contributed by atoms with van der Waals surface area (Å²) in [5, 5.41) is 6.78. The standard InChI is InChI=1S/C14H34N5P/c1-11(2)17(12(3)4)20-18(13(5,6)7)15-16-19(20)14(8,9)10/h11-12,15-16H,1-10H3. The van der Waals surface area contributed by atoms with E-state index in [1.165, 1.54) is 0 Å². The molecule has 0 fully saturated rings. The topological polar surface area (TPSA) is 44.7 Å². The second-order valence-electron chi connectivity index (χ2n) is 8.02. The van der Waals surface area contributed by atoms with Crippen molar-refractivity contribution >= 4 is 8.00 Å². The molecule has 1 aromatic heterocycles. The number of H-pyrrole nitrogens is 2. The van der Waals surface area contributed by atoms with Gasteiger partial charge >= 0.3 is 0 Å². The van der Waals surface area contributed by atoms with Gasteiger partial charge < -0.3 is 0 Å². The van der Waals surface area contributed by atoms with Gasteiger partial charge in [0.1, 0.15) is 8.00 Å². The van der Waals surface area contributed by atoms with Gasteiger partial charge in [0.2, 0.25) is 0 Å². The van der Waals surface area contributed by atoms with E-state index in [-0.39, 0.29) is 11.1 Å². The van der Waals surface area contributed by atoms with Crippen molar-refractivity contribution in [3.05, 3.63) is 0 Å². The Labute approximate surface area is 125 Å². The molecule has 0 radical (unpaired) electrons. The highest BCUT2D eigenvalue weighted by atomic mass is 31.1. The molecule has 0 saturated carbocycles. The van der Waals surface area contributed by atoms with Crippen molar-refractivity contribution in [3.8, 4) is 0 Å². The van der Waals surface area contributed by atoms with E-state index in [1.807, 2.05) is 0 Å². The Hall–Kier alpha value is -0.540. The lowest BCUT2D eigenvalue weighted by atomic mass is 10.1. The molecule has 20 heavy (non-hydrogen) atoms. The number of rotatable bonds is 3. The minimum Gasteiger partial charge on any atom is -0.229 e. The van der Waals surface area contributed by atoms with E-state index in [1.54, 1.807) is 0 Å². The number of hydrogen-bond donors (Lipinski definition) is 2. The minimum atomic E-state index is -0.613. The summed E-state index contributed by atoms with van der Waals surface area (Å²) in [6, 6.07) is 0.995. The van der Waals surface area contributed by atoms with Crippen LogP contribution in [0.15, 0.2) is 0 Å². The lowest BCUT2D eigenvalue weighted by Gasteiger charge is -2.36. The smallest absolute Gasteiger partial charge is 0.140 e. The van der Waals surface area contributed by atoms with Crippen molar-refractivity contribution in [1.82, 2.24) is 19.3 Å². The SMILES string of the molecule is CC(C)N(C(C)C)p1n(C(C)(C)C)[nH][nH]n1C(C)(C)C. The van der Waals surface area contributed by atoms with E-state index < -0.39 is 8.00 Å². The molecule has 0 aliphatic rings. The Balaban J connectivity index is 3.58. The zero-order valence-corrected chi connectivity index (χ0v) is 15.8. The maximum Gasteiger partial charge on any atom is 0.140 e. The first-order valence-electron chi connectivity index (χ1n) is 7.57. The third kappa shape index (κ3) is 3.56. The predicted octanol–water partition coefficient (Wildman–Crippen LogP) is 4.32. The van der Waals surface area contributed by atoms with E-state index in [2.05, 4.69) is 93.2 Å². The van der Waals surface area contributed by atoms with Crippen LogP contribution >= 0.6 is 8.00 Å². The summed E-state index contributed by atoms with van der Waals surface area (Å²) in [7, 11) is -0.613. The molecular formula is C14H34N5P. The van der Waals surface area contributed by atoms with Crippen molar-refractivity contribution < 1.29 is 0 Å². The first-order chi connectivity index (χ1) is 8.87. The fourth-order valence-corrected chi connectivity index (χ4v) is 5.12. The summed E-state index contributed by atoms with van der Waals surface area (Å²) in [6.07, 6.45) is 0. The Kier molecular flexibility index (Phi) is 4.98. The molecule has 0 spiro atoms. The molecule has 2 N–H and O–H groups in total. The molecule has 120 valence electrons. The lowest BCUT2D eigenvalue weighted by molar-refractivity contribution is 0.353. The monoisotopic (exact) mass is 303 g/mol. The van der Waals surface area contributed by atoms with Gasteiger partial charge in [-0.1, -0.05) is 0 Å². The Bertz CT molecular complexity index is 412. The van der Waals surface area contributed by atoms with E-state index in [0.29, 0.717) is 12.1 Å². The van der Waals surface area contributed by atoms with Crippen LogP contribution in [0.1, 0.15) is 69.2 Å². The van der Waals surface area contributed by atoms with E-state index in [9.17, 15) is 0 Å². The summed E-state index contributed by atoms with van der Waals surface area (Å²) in [5.74, 6) is 0. The van der Waals surface area contributed by atoms with Crippen molar-refractivity contribution in [2.75, 3.05) is 4.67 Å². The normalized spacial score (nSPS) is 13.8. The Morgan fingerprint density at radius 2 is 1.05 bits per heavy atom. The lowest BCUT2D eigenvalue weighted by Crippen LogP contribution is -2.40. The van der Waals surface area contributed by atoms with Gasteiger partial charge in [-0.15, -0.1) is 0 Å². The number of aromatic nitrogens is 4. The van der Waals surface area contributed by atoms with Crippen LogP contribution in [0, 0.1) is 0 Å². The van der Waals surface area contributed by atoms with E-state index >= 15 is 0 Å². The maximum absolute atomic E-state index is 3.39. The van der Waals surface area contributed by atoms with Gasteiger partial charge in [-0.2, -0.15) is 0 Å². The molecular weight excluding hydrogens is 269 g/mol. The first kappa shape index (κ1) is 17.5. The molecule has 6 heteroatoms. The van der Waals surface area contributed by atoms with Crippen LogP contribution in [0.25, 0.3) is 0 Å². The van der Waals surface area contributed by atoms with Gasteiger partial charge in [-0.25, -0.2) is 24.0 Å². The Morgan fingerprint density at radius 3 is 1.25 bits per heavy atom. The molecule has 1 aromatic rings. The van der Waals surface area contributed by atoms with Gasteiger partial charge in [-0.05, 0) is 69.2 Å². The van der Waals surface area contributed by atoms with Crippen LogP contribution in [0.2, 0.25) is 0 Å². The number of aromatic amines is 2. The molecule has 1 rings (SSSR count). The maximum atomic E-state index is 3.39. The van der Waals surface area contributed by atoms with E-state index in [4.69, 9.17) is 0 Å². The molecule has 5 nitrogen and oxygen atoms in total. The fourth-order valence-electron chi connectivity index (χ4n) is 2.36. The van der Waals surface area contributed by atoms with Crippen molar-refractivity contribution in [2.24, 2.45) is 0 Å². The molecule has 0 amide bonds. The van der Waals surface area contributed by atoms with Gasteiger partial charge in [-0.3, -0.25) is 0 Å². The average Bonchev–Trinajstić information content (AvgIpc) is 2.58. The summed E-state index contributed by atoms with van der Waals surface area (Å²) in [4.78, 5) is 0. The zero-order valence-electron chi connectivity index (χ0n) is 14.9. The average molecular weight is 303 g/mol. The molecule has 0 bridgehead atoms. The summed E-state index contributed by atoms with van der Waals surface area (Å²) < 4.78 is 7.33. The number of nitrogens with one attached hydrogen (secondary N) is 2. The summed E-state index contributed by atoms with van der Waals surface area (Å²) >= 11 is 0. The number of hydrogen-bond acceptors (Lipinski definition) is 1. The third-order valence-electron chi connectivity index (χ3n) is 3.16. The van der Waals surface area contributed by atoms with Crippen LogP contribution in [0.5, 0.6) is 0 Å². The van der Waals surface area contributed by atoms with Crippen molar-refractivity contribution in [3.63, 3.8) is 0 Å². The van der Waals surface area contributed by atoms with Crippen LogP contribution in [0.3, 0.4) is 0 Å². The second kappa shape index (κ2) is 5.69. The van der Waals surface area contributed by atoms with Gasteiger partial charge in [0.15, 0.2) is 0 Å². The predicted molar refractivity (Wildman–Crippen MR) is 89.9 cm³/mol. The third-order valence-corrected chi connectivity index (χ3v) is 6.61. The second-order valence-corrected chi connectivity index (χ2v) is 9.82. The van der Waals surface area contributed by atoms with Gasteiger partial charge in [0.05, 0.1) is 11.1 Å². The van der Waals surface area contributed by atoms with E-state index in [0.717, 1.165) is 0 Å². The van der Waals surface area contributed by atoms with Crippen LogP contribution < -0.4 is 4.67 Å². The Morgan fingerprint density at radius 1 is 0.750 bits per heavy atom. The number of nitrogens with zero attached hydrogens (tertiary/aromatic N) is 3. The molecule has 0 unspecified atom stereocenters. The molecule has 0 aliphatic carbocycles. The quantitative estimate of drug-likeness (QED) is 0.858. The highest BCUT2D eigenvalue weighted by Crippen LogP contribution is 2.39. The van der Waals surface area contributed by atoms with Crippen LogP contribution in [-0.4, -0.2) is 31.4 Å². The zero-order chi connectivity index (χ0) is 15.9. The van der Waals surface area contributed by atoms with Crippen LogP contribution in [-0.2, 0) is 11.1 Å². The van der Waals surface area contributed by atoms with Gasteiger partial charge in [0.25, 0.3) is 0 Å².